The fourth-order valence-corrected chi connectivity index (χ4v) is 2.02. The molecule has 0 saturated carbocycles. The predicted molar refractivity (Wildman–Crippen MR) is 70.9 cm³/mol. The molecule has 0 aliphatic heterocycles. The molecule has 2 aromatic rings. The molecule has 0 aliphatic rings. The Hall–Kier alpha value is -1.75. The zero-order chi connectivity index (χ0) is 13.8. The highest BCUT2D eigenvalue weighted by atomic mass is 19.1. The van der Waals surface area contributed by atoms with Gasteiger partial charge in [-0.2, -0.15) is 4.98 Å². The van der Waals surface area contributed by atoms with E-state index in [9.17, 15) is 4.39 Å². The Morgan fingerprint density at radius 1 is 1.32 bits per heavy atom. The molecule has 102 valence electrons. The quantitative estimate of drug-likeness (QED) is 0.900. The molecule has 4 nitrogen and oxygen atoms in total. The summed E-state index contributed by atoms with van der Waals surface area (Å²) >= 11 is 0. The molecule has 1 atom stereocenters. The lowest BCUT2D eigenvalue weighted by Crippen LogP contribution is -2.15. The van der Waals surface area contributed by atoms with Crippen LogP contribution in [0.15, 0.2) is 28.8 Å². The van der Waals surface area contributed by atoms with E-state index in [-0.39, 0.29) is 17.6 Å². The van der Waals surface area contributed by atoms with Crippen molar-refractivity contribution in [3.63, 3.8) is 0 Å². The smallest absolute Gasteiger partial charge is 0.231 e. The van der Waals surface area contributed by atoms with Gasteiger partial charge in [0.05, 0.1) is 11.5 Å². The fourth-order valence-electron chi connectivity index (χ4n) is 2.02. The van der Waals surface area contributed by atoms with Gasteiger partial charge in [0.2, 0.25) is 11.7 Å². The largest absolute Gasteiger partial charge is 0.339 e. The maximum absolute atomic E-state index is 13.6. The van der Waals surface area contributed by atoms with Crippen LogP contribution in [0.2, 0.25) is 0 Å². The Morgan fingerprint density at radius 2 is 2.05 bits per heavy atom. The van der Waals surface area contributed by atoms with Gasteiger partial charge >= 0.3 is 0 Å². The Labute approximate surface area is 111 Å². The summed E-state index contributed by atoms with van der Waals surface area (Å²) < 4.78 is 18.9. The van der Waals surface area contributed by atoms with Crippen LogP contribution in [0.5, 0.6) is 0 Å². The summed E-state index contributed by atoms with van der Waals surface area (Å²) in [7, 11) is 0. The maximum atomic E-state index is 13.6. The van der Waals surface area contributed by atoms with Crippen molar-refractivity contribution < 1.29 is 8.91 Å². The minimum absolute atomic E-state index is 0.0213. The molecule has 1 aromatic heterocycles. The third-order valence-electron chi connectivity index (χ3n) is 2.95. The second-order valence-corrected chi connectivity index (χ2v) is 5.00. The van der Waals surface area contributed by atoms with E-state index >= 15 is 0 Å². The number of rotatable bonds is 5. The highest BCUT2D eigenvalue weighted by Gasteiger charge is 2.20. The monoisotopic (exact) mass is 263 g/mol. The average molecular weight is 263 g/mol. The molecule has 19 heavy (non-hydrogen) atoms. The summed E-state index contributed by atoms with van der Waals surface area (Å²) in [6, 6.07) is 6.37. The van der Waals surface area contributed by atoms with Crippen molar-refractivity contribution in [1.29, 1.82) is 0 Å². The number of hydrogen-bond acceptors (Lipinski definition) is 4. The Bertz CT molecular complexity index is 539. The number of nitrogens with two attached hydrogens (primary N) is 1. The zero-order valence-electron chi connectivity index (χ0n) is 11.1. The molecular formula is C14H18FN3O. The van der Waals surface area contributed by atoms with Crippen LogP contribution in [0.25, 0.3) is 11.4 Å². The number of halogens is 1. The van der Waals surface area contributed by atoms with E-state index in [1.807, 2.05) is 0 Å². The summed E-state index contributed by atoms with van der Waals surface area (Å²) in [6.45, 7) is 4.66. The second kappa shape index (κ2) is 5.93. The Morgan fingerprint density at radius 3 is 2.68 bits per heavy atom. The van der Waals surface area contributed by atoms with Crippen molar-refractivity contribution >= 4 is 0 Å². The van der Waals surface area contributed by atoms with Crippen LogP contribution < -0.4 is 5.73 Å². The van der Waals surface area contributed by atoms with Gasteiger partial charge in [0.25, 0.3) is 0 Å². The molecule has 0 aliphatic carbocycles. The lowest BCUT2D eigenvalue weighted by Gasteiger charge is -2.11. The molecule has 0 bridgehead atoms. The van der Waals surface area contributed by atoms with Crippen molar-refractivity contribution in [2.45, 2.75) is 26.2 Å². The SMILES string of the molecule is CC(C)CC(CN)c1nc(-c2ccccc2F)no1. The van der Waals surface area contributed by atoms with Gasteiger partial charge < -0.3 is 10.3 Å². The summed E-state index contributed by atoms with van der Waals surface area (Å²) in [5, 5.41) is 3.84. The highest BCUT2D eigenvalue weighted by Crippen LogP contribution is 2.25. The van der Waals surface area contributed by atoms with E-state index in [1.54, 1.807) is 18.2 Å². The molecule has 5 heteroatoms. The molecule has 0 radical (unpaired) electrons. The normalized spacial score (nSPS) is 12.9. The number of nitrogens with zero attached hydrogens (tertiary/aromatic N) is 2. The maximum Gasteiger partial charge on any atom is 0.231 e. The van der Waals surface area contributed by atoms with E-state index in [2.05, 4.69) is 24.0 Å². The average Bonchev–Trinajstić information content (AvgIpc) is 2.85. The van der Waals surface area contributed by atoms with Gasteiger partial charge in [0, 0.05) is 6.54 Å². The second-order valence-electron chi connectivity index (χ2n) is 5.00. The van der Waals surface area contributed by atoms with Gasteiger partial charge in [0.15, 0.2) is 0 Å². The molecule has 2 N–H and O–H groups in total. The molecule has 0 saturated heterocycles. The van der Waals surface area contributed by atoms with Gasteiger partial charge in [-0.1, -0.05) is 31.1 Å². The van der Waals surface area contributed by atoms with Gasteiger partial charge in [-0.3, -0.25) is 0 Å². The highest BCUT2D eigenvalue weighted by molar-refractivity contribution is 5.54. The van der Waals surface area contributed by atoms with Crippen molar-refractivity contribution in [2.75, 3.05) is 6.54 Å². The molecule has 0 fully saturated rings. The van der Waals surface area contributed by atoms with Crippen LogP contribution in [0, 0.1) is 11.7 Å². The van der Waals surface area contributed by atoms with Crippen LogP contribution >= 0.6 is 0 Å². The van der Waals surface area contributed by atoms with Gasteiger partial charge in [-0.25, -0.2) is 4.39 Å². The lowest BCUT2D eigenvalue weighted by atomic mass is 9.97. The van der Waals surface area contributed by atoms with Crippen LogP contribution in [0.4, 0.5) is 4.39 Å². The van der Waals surface area contributed by atoms with E-state index in [0.717, 1.165) is 6.42 Å². The first-order chi connectivity index (χ1) is 9.11. The molecule has 2 rings (SSSR count). The van der Waals surface area contributed by atoms with E-state index < -0.39 is 0 Å². The molecule has 1 unspecified atom stereocenters. The predicted octanol–water partition coefficient (Wildman–Crippen LogP) is 2.96. The summed E-state index contributed by atoms with van der Waals surface area (Å²) in [5.41, 5.74) is 6.07. The number of aromatic nitrogens is 2. The molecule has 0 amide bonds. The van der Waals surface area contributed by atoms with Crippen LogP contribution in [-0.2, 0) is 0 Å². The zero-order valence-corrected chi connectivity index (χ0v) is 11.1. The first-order valence-electron chi connectivity index (χ1n) is 6.40. The Kier molecular flexibility index (Phi) is 4.27. The lowest BCUT2D eigenvalue weighted by molar-refractivity contribution is 0.334. The van der Waals surface area contributed by atoms with Gasteiger partial charge in [0.1, 0.15) is 5.82 Å². The third kappa shape index (κ3) is 3.17. The third-order valence-corrected chi connectivity index (χ3v) is 2.95. The van der Waals surface area contributed by atoms with Crippen molar-refractivity contribution in [3.05, 3.63) is 36.0 Å². The number of hydrogen-bond donors (Lipinski definition) is 1. The fraction of sp³-hybridized carbons (Fsp3) is 0.429. The van der Waals surface area contributed by atoms with Crippen molar-refractivity contribution in [2.24, 2.45) is 11.7 Å². The molecule has 1 heterocycles. The van der Waals surface area contributed by atoms with Gasteiger partial charge in [-0.15, -0.1) is 0 Å². The molecule has 1 aromatic carbocycles. The van der Waals surface area contributed by atoms with E-state index in [4.69, 9.17) is 10.3 Å². The molecule has 0 spiro atoms. The number of benzene rings is 1. The minimum Gasteiger partial charge on any atom is -0.339 e. The first kappa shape index (κ1) is 13.7. The van der Waals surface area contributed by atoms with Crippen molar-refractivity contribution in [3.8, 4) is 11.4 Å². The van der Waals surface area contributed by atoms with Crippen LogP contribution in [0.3, 0.4) is 0 Å². The van der Waals surface area contributed by atoms with Gasteiger partial charge in [-0.05, 0) is 24.5 Å². The van der Waals surface area contributed by atoms with E-state index in [1.165, 1.54) is 6.07 Å². The van der Waals surface area contributed by atoms with Crippen LogP contribution in [-0.4, -0.2) is 16.7 Å². The van der Waals surface area contributed by atoms with E-state index in [0.29, 0.717) is 23.9 Å². The van der Waals surface area contributed by atoms with Crippen molar-refractivity contribution in [1.82, 2.24) is 10.1 Å². The van der Waals surface area contributed by atoms with Crippen LogP contribution in [0.1, 0.15) is 32.1 Å². The summed E-state index contributed by atoms with van der Waals surface area (Å²) in [5.74, 6) is 0.901. The topological polar surface area (TPSA) is 64.9 Å². The summed E-state index contributed by atoms with van der Waals surface area (Å²) in [4.78, 5) is 4.27. The standard InChI is InChI=1S/C14H18FN3O/c1-9(2)7-10(8-16)14-17-13(18-19-14)11-5-3-4-6-12(11)15/h3-6,9-10H,7-8,16H2,1-2H3. The first-order valence-corrected chi connectivity index (χ1v) is 6.40. The molecular weight excluding hydrogens is 245 g/mol. The summed E-state index contributed by atoms with van der Waals surface area (Å²) in [6.07, 6.45) is 0.870. The minimum atomic E-state index is -0.358. The Balaban J connectivity index is 2.26.